The van der Waals surface area contributed by atoms with E-state index in [9.17, 15) is 13.6 Å². The van der Waals surface area contributed by atoms with Crippen LogP contribution in [0.4, 0.5) is 8.78 Å². The van der Waals surface area contributed by atoms with Crippen LogP contribution in [0.15, 0.2) is 6.07 Å². The van der Waals surface area contributed by atoms with E-state index in [4.69, 9.17) is 0 Å². The maximum Gasteiger partial charge on any atom is 0.261 e. The minimum absolute atomic E-state index is 0.0453. The third-order valence-electron chi connectivity index (χ3n) is 2.06. The molecule has 16 heavy (non-hydrogen) atoms. The molecule has 0 saturated heterocycles. The highest BCUT2D eigenvalue weighted by atomic mass is 32.1. The Morgan fingerprint density at radius 1 is 1.50 bits per heavy atom. The Labute approximate surface area is 97.2 Å². The Morgan fingerprint density at radius 2 is 2.19 bits per heavy atom. The van der Waals surface area contributed by atoms with E-state index < -0.39 is 13.0 Å². The highest BCUT2D eigenvalue weighted by Crippen LogP contribution is 2.21. The number of carbonyl (C=O) groups is 1. The normalized spacial score (nSPS) is 11.1. The molecule has 0 N–H and O–H groups in total. The molecule has 0 aliphatic rings. The molecule has 0 unspecified atom stereocenters. The average Bonchev–Trinajstić information content (AvgIpc) is 2.52. The van der Waals surface area contributed by atoms with Gasteiger partial charge in [0.2, 0.25) is 0 Å². The molecule has 1 aromatic heterocycles. The highest BCUT2D eigenvalue weighted by molar-refractivity contribution is 7.12. The van der Waals surface area contributed by atoms with Gasteiger partial charge in [0.15, 0.2) is 5.78 Å². The van der Waals surface area contributed by atoms with Crippen molar-refractivity contribution in [3.8, 4) is 0 Å². The summed E-state index contributed by atoms with van der Waals surface area (Å²) in [6.45, 7) is 3.26. The summed E-state index contributed by atoms with van der Waals surface area (Å²) < 4.78 is 28.1. The minimum atomic E-state index is -2.47. The molecule has 1 heterocycles. The number of hydrogen-bond donors (Lipinski definition) is 0. The summed E-state index contributed by atoms with van der Waals surface area (Å²) in [7, 11) is 0. The van der Waals surface area contributed by atoms with Gasteiger partial charge in [-0.1, -0.05) is 0 Å². The van der Waals surface area contributed by atoms with Crippen LogP contribution in [-0.2, 0) is 4.74 Å². The van der Waals surface area contributed by atoms with Gasteiger partial charge >= 0.3 is 0 Å². The maximum absolute atomic E-state index is 11.7. The van der Waals surface area contributed by atoms with Crippen molar-refractivity contribution >= 4 is 17.1 Å². The Morgan fingerprint density at radius 3 is 2.69 bits per heavy atom. The predicted molar refractivity (Wildman–Crippen MR) is 59.6 cm³/mol. The van der Waals surface area contributed by atoms with Crippen LogP contribution in [0, 0.1) is 13.8 Å². The maximum atomic E-state index is 11.7. The van der Waals surface area contributed by atoms with Gasteiger partial charge in [-0.2, -0.15) is 0 Å². The molecule has 1 rings (SSSR count). The lowest BCUT2D eigenvalue weighted by Gasteiger charge is -2.02. The van der Waals surface area contributed by atoms with Gasteiger partial charge in [-0.25, -0.2) is 8.78 Å². The molecular weight excluding hydrogens is 234 g/mol. The smallest absolute Gasteiger partial charge is 0.261 e. The van der Waals surface area contributed by atoms with E-state index in [2.05, 4.69) is 4.74 Å². The van der Waals surface area contributed by atoms with Crippen molar-refractivity contribution in [2.75, 3.05) is 13.2 Å². The lowest BCUT2D eigenvalue weighted by Crippen LogP contribution is -2.09. The quantitative estimate of drug-likeness (QED) is 0.570. The second-order valence-electron chi connectivity index (χ2n) is 3.47. The van der Waals surface area contributed by atoms with Gasteiger partial charge in [0.1, 0.15) is 6.61 Å². The molecule has 0 aliphatic heterocycles. The number of rotatable bonds is 6. The number of Topliss-reactive ketones (excluding diaryl/α,β-unsaturated/α-hetero) is 1. The number of ether oxygens (including phenoxy) is 1. The monoisotopic (exact) mass is 248 g/mol. The van der Waals surface area contributed by atoms with Gasteiger partial charge in [-0.05, 0) is 19.9 Å². The van der Waals surface area contributed by atoms with Crippen LogP contribution in [0.2, 0.25) is 0 Å². The molecule has 90 valence electrons. The zero-order valence-corrected chi connectivity index (χ0v) is 10.1. The first-order chi connectivity index (χ1) is 7.50. The van der Waals surface area contributed by atoms with E-state index in [0.717, 1.165) is 9.75 Å². The minimum Gasteiger partial charge on any atom is -0.375 e. The van der Waals surface area contributed by atoms with E-state index in [1.54, 1.807) is 11.3 Å². The fourth-order valence-corrected chi connectivity index (χ4v) is 2.32. The van der Waals surface area contributed by atoms with E-state index in [1.165, 1.54) is 0 Å². The number of ketones is 1. The van der Waals surface area contributed by atoms with Crippen molar-refractivity contribution < 1.29 is 18.3 Å². The molecule has 1 aromatic rings. The molecule has 0 spiro atoms. The predicted octanol–water partition coefficient (Wildman–Crippen LogP) is 3.22. The van der Waals surface area contributed by atoms with Crippen LogP contribution in [0.1, 0.15) is 26.5 Å². The molecule has 0 fully saturated rings. The number of alkyl halides is 2. The molecule has 0 atom stereocenters. The molecular formula is C11H14F2O2S. The molecule has 0 aliphatic carbocycles. The SMILES string of the molecule is Cc1cc(C(=O)CCOCC(F)F)c(C)s1. The zero-order chi connectivity index (χ0) is 12.1. The van der Waals surface area contributed by atoms with Gasteiger partial charge in [0.25, 0.3) is 6.43 Å². The Kier molecular flexibility index (Phi) is 5.02. The Balaban J connectivity index is 2.38. The Hall–Kier alpha value is -0.810. The Bertz CT molecular complexity index is 361. The summed E-state index contributed by atoms with van der Waals surface area (Å²) in [5, 5.41) is 0. The summed E-state index contributed by atoms with van der Waals surface area (Å²) in [4.78, 5) is 13.7. The van der Waals surface area contributed by atoms with Gasteiger partial charge in [-0.15, -0.1) is 11.3 Å². The first-order valence-electron chi connectivity index (χ1n) is 4.97. The largest absolute Gasteiger partial charge is 0.375 e. The van der Waals surface area contributed by atoms with Gasteiger partial charge in [-0.3, -0.25) is 4.79 Å². The molecule has 2 nitrogen and oxygen atoms in total. The van der Waals surface area contributed by atoms with Crippen LogP contribution in [0.3, 0.4) is 0 Å². The zero-order valence-electron chi connectivity index (χ0n) is 9.26. The number of carbonyl (C=O) groups excluding carboxylic acids is 1. The average molecular weight is 248 g/mol. The molecule has 0 radical (unpaired) electrons. The van der Waals surface area contributed by atoms with E-state index in [1.807, 2.05) is 19.9 Å². The van der Waals surface area contributed by atoms with E-state index in [0.29, 0.717) is 5.56 Å². The van der Waals surface area contributed by atoms with Gasteiger partial charge in [0.05, 0.1) is 6.61 Å². The number of hydrogen-bond acceptors (Lipinski definition) is 3. The van der Waals surface area contributed by atoms with Gasteiger partial charge < -0.3 is 4.74 Å². The summed E-state index contributed by atoms with van der Waals surface area (Å²) in [6, 6.07) is 1.83. The molecule has 0 bridgehead atoms. The second-order valence-corrected chi connectivity index (χ2v) is 4.93. The molecule has 0 amide bonds. The van der Waals surface area contributed by atoms with Crippen molar-refractivity contribution in [2.24, 2.45) is 0 Å². The summed E-state index contributed by atoms with van der Waals surface area (Å²) >= 11 is 1.56. The first-order valence-corrected chi connectivity index (χ1v) is 5.78. The van der Waals surface area contributed by atoms with Crippen LogP contribution >= 0.6 is 11.3 Å². The number of halogens is 2. The van der Waals surface area contributed by atoms with Crippen molar-refractivity contribution in [2.45, 2.75) is 26.7 Å². The number of thiophene rings is 1. The third kappa shape index (κ3) is 3.98. The lowest BCUT2D eigenvalue weighted by molar-refractivity contribution is 0.0170. The fraction of sp³-hybridized carbons (Fsp3) is 0.545. The van der Waals surface area contributed by atoms with E-state index >= 15 is 0 Å². The third-order valence-corrected chi connectivity index (χ3v) is 3.02. The van der Waals surface area contributed by atoms with Crippen molar-refractivity contribution in [1.29, 1.82) is 0 Å². The first kappa shape index (κ1) is 13.3. The van der Waals surface area contributed by atoms with Crippen LogP contribution in [0.5, 0.6) is 0 Å². The van der Waals surface area contributed by atoms with Crippen molar-refractivity contribution in [1.82, 2.24) is 0 Å². The van der Waals surface area contributed by atoms with Crippen molar-refractivity contribution in [3.05, 3.63) is 21.4 Å². The summed E-state index contributed by atoms with van der Waals surface area (Å²) in [5.41, 5.74) is 0.683. The number of aryl methyl sites for hydroxylation is 2. The van der Waals surface area contributed by atoms with Crippen LogP contribution in [0.25, 0.3) is 0 Å². The molecule has 5 heteroatoms. The highest BCUT2D eigenvalue weighted by Gasteiger charge is 2.12. The molecule has 0 saturated carbocycles. The standard InChI is InChI=1S/C11H14F2O2S/c1-7-5-9(8(2)16-7)10(14)3-4-15-6-11(12)13/h5,11H,3-4,6H2,1-2H3. The summed E-state index contributed by atoms with van der Waals surface area (Å²) in [6.07, 6.45) is -2.32. The fourth-order valence-electron chi connectivity index (χ4n) is 1.38. The summed E-state index contributed by atoms with van der Waals surface area (Å²) in [5.74, 6) is -0.0453. The molecule has 0 aromatic carbocycles. The van der Waals surface area contributed by atoms with Crippen LogP contribution < -0.4 is 0 Å². The van der Waals surface area contributed by atoms with E-state index in [-0.39, 0.29) is 18.8 Å². The van der Waals surface area contributed by atoms with Crippen LogP contribution in [-0.4, -0.2) is 25.4 Å². The second kappa shape index (κ2) is 6.06. The van der Waals surface area contributed by atoms with Crippen molar-refractivity contribution in [3.63, 3.8) is 0 Å². The lowest BCUT2D eigenvalue weighted by atomic mass is 10.1. The topological polar surface area (TPSA) is 26.3 Å². The van der Waals surface area contributed by atoms with Gasteiger partial charge in [0, 0.05) is 21.7 Å².